The molecule has 0 aromatic heterocycles. The molecule has 4 aliphatic carbocycles. The van der Waals surface area contributed by atoms with E-state index in [0.717, 1.165) is 25.7 Å². The van der Waals surface area contributed by atoms with E-state index in [9.17, 15) is 19.1 Å². The van der Waals surface area contributed by atoms with E-state index in [-0.39, 0.29) is 17.1 Å². The molecular formula is C21H27FO3. The van der Waals surface area contributed by atoms with Crippen molar-refractivity contribution in [3.8, 4) is 0 Å². The lowest BCUT2D eigenvalue weighted by molar-refractivity contribution is -0.153. The molecule has 0 unspecified atom stereocenters. The molecule has 0 aliphatic heterocycles. The van der Waals surface area contributed by atoms with Crippen molar-refractivity contribution in [1.82, 2.24) is 0 Å². The molecule has 0 aromatic rings. The van der Waals surface area contributed by atoms with E-state index in [2.05, 4.69) is 13.0 Å². The molecular weight excluding hydrogens is 319 g/mol. The lowest BCUT2D eigenvalue weighted by atomic mass is 9.50. The molecule has 0 aromatic carbocycles. The number of ketones is 2. The Bertz CT molecular complexity index is 708. The van der Waals surface area contributed by atoms with E-state index in [1.165, 1.54) is 11.1 Å². The number of allylic oxidation sites excluding steroid dienone is 4. The normalized spacial score (nSPS) is 45.8. The maximum atomic E-state index is 13.1. The molecule has 0 amide bonds. The zero-order valence-corrected chi connectivity index (χ0v) is 15.1. The van der Waals surface area contributed by atoms with Gasteiger partial charge in [0.15, 0.2) is 18.2 Å². The maximum Gasteiger partial charge on any atom is 0.195 e. The first-order valence-corrected chi connectivity index (χ1v) is 9.52. The highest BCUT2D eigenvalue weighted by atomic mass is 19.1. The molecule has 0 saturated heterocycles. The van der Waals surface area contributed by atoms with Crippen LogP contribution in [0.2, 0.25) is 0 Å². The summed E-state index contributed by atoms with van der Waals surface area (Å²) in [7, 11) is 0. The summed E-state index contributed by atoms with van der Waals surface area (Å²) >= 11 is 0. The minimum Gasteiger partial charge on any atom is -0.381 e. The van der Waals surface area contributed by atoms with Crippen LogP contribution in [0.1, 0.15) is 58.8 Å². The molecule has 4 heteroatoms. The Morgan fingerprint density at radius 2 is 2.04 bits per heavy atom. The van der Waals surface area contributed by atoms with Crippen LogP contribution >= 0.6 is 0 Å². The molecule has 0 spiro atoms. The van der Waals surface area contributed by atoms with Gasteiger partial charge < -0.3 is 5.11 Å². The van der Waals surface area contributed by atoms with Gasteiger partial charge in [-0.2, -0.15) is 0 Å². The van der Waals surface area contributed by atoms with Crippen LogP contribution in [-0.4, -0.2) is 28.9 Å². The topological polar surface area (TPSA) is 54.4 Å². The Kier molecular flexibility index (Phi) is 3.67. The van der Waals surface area contributed by atoms with Crippen molar-refractivity contribution in [1.29, 1.82) is 0 Å². The standard InChI is InChI=1S/C21H27FO3/c1-19-8-5-14(23)11-13(19)3-4-15-16(19)6-9-20(2)17(15)7-10-21(20,25)18(24)12-22/h6,11,15,17,25H,3-5,7-10,12H2,1-2H3/t15-,17+,19+,20+,21+/m1/s1. The average Bonchev–Trinajstić information content (AvgIpc) is 2.87. The van der Waals surface area contributed by atoms with Crippen LogP contribution < -0.4 is 0 Å². The van der Waals surface area contributed by atoms with Crippen LogP contribution in [0.25, 0.3) is 0 Å². The SMILES string of the molecule is C[C@]12CCC(=O)C=C1CC[C@@H]1C2=CC[C@@]2(C)[C@H]1CC[C@]2(O)C(=O)CF. The predicted molar refractivity (Wildman–Crippen MR) is 92.6 cm³/mol. The summed E-state index contributed by atoms with van der Waals surface area (Å²) in [4.78, 5) is 24.0. The van der Waals surface area contributed by atoms with Crippen molar-refractivity contribution in [2.75, 3.05) is 6.67 Å². The van der Waals surface area contributed by atoms with Gasteiger partial charge in [0.1, 0.15) is 5.60 Å². The molecule has 0 heterocycles. The number of aliphatic hydroxyl groups is 1. The lowest BCUT2D eigenvalue weighted by Crippen LogP contribution is -2.55. The Hall–Kier alpha value is -1.29. The van der Waals surface area contributed by atoms with Crippen LogP contribution in [0, 0.1) is 22.7 Å². The van der Waals surface area contributed by atoms with Crippen LogP contribution in [0.4, 0.5) is 4.39 Å². The fourth-order valence-electron chi connectivity index (χ4n) is 6.44. The second-order valence-electron chi connectivity index (χ2n) is 8.96. The van der Waals surface area contributed by atoms with Crippen molar-refractivity contribution in [3.63, 3.8) is 0 Å². The Labute approximate surface area is 148 Å². The highest BCUT2D eigenvalue weighted by Crippen LogP contribution is 2.65. The summed E-state index contributed by atoms with van der Waals surface area (Å²) in [6.45, 7) is 3.14. The molecule has 2 fully saturated rings. The summed E-state index contributed by atoms with van der Waals surface area (Å²) in [6, 6.07) is 0. The first kappa shape index (κ1) is 17.1. The minimum atomic E-state index is -1.53. The van der Waals surface area contributed by atoms with Crippen LogP contribution in [0.15, 0.2) is 23.3 Å². The van der Waals surface area contributed by atoms with Gasteiger partial charge in [-0.1, -0.05) is 31.1 Å². The van der Waals surface area contributed by atoms with Crippen molar-refractivity contribution < 1.29 is 19.1 Å². The van der Waals surface area contributed by atoms with Crippen LogP contribution in [-0.2, 0) is 9.59 Å². The first-order valence-electron chi connectivity index (χ1n) is 9.52. The van der Waals surface area contributed by atoms with Crippen molar-refractivity contribution in [3.05, 3.63) is 23.3 Å². The first-order chi connectivity index (χ1) is 11.8. The smallest absolute Gasteiger partial charge is 0.195 e. The maximum absolute atomic E-state index is 13.1. The number of fused-ring (bicyclic) bond motifs is 5. The number of Topliss-reactive ketones (excluding diaryl/α,β-unsaturated/α-hetero) is 1. The zero-order valence-electron chi connectivity index (χ0n) is 15.1. The highest BCUT2D eigenvalue weighted by molar-refractivity contribution is 5.92. The third kappa shape index (κ3) is 2.06. The number of rotatable bonds is 2. The number of carbonyl (C=O) groups excluding carboxylic acids is 2. The van der Waals surface area contributed by atoms with E-state index < -0.39 is 23.5 Å². The average molecular weight is 346 g/mol. The molecule has 0 radical (unpaired) electrons. The molecule has 5 atom stereocenters. The summed E-state index contributed by atoms with van der Waals surface area (Å²) in [5, 5.41) is 11.1. The Morgan fingerprint density at radius 3 is 2.76 bits per heavy atom. The van der Waals surface area contributed by atoms with Gasteiger partial charge in [-0.25, -0.2) is 4.39 Å². The van der Waals surface area contributed by atoms with E-state index in [0.29, 0.717) is 25.2 Å². The van der Waals surface area contributed by atoms with Crippen molar-refractivity contribution >= 4 is 11.6 Å². The number of halogens is 1. The number of alkyl halides is 1. The number of carbonyl (C=O) groups is 2. The van der Waals surface area contributed by atoms with Gasteiger partial charge in [-0.3, -0.25) is 9.59 Å². The fraction of sp³-hybridized carbons (Fsp3) is 0.714. The van der Waals surface area contributed by atoms with Gasteiger partial charge in [-0.15, -0.1) is 0 Å². The molecule has 3 nitrogen and oxygen atoms in total. The van der Waals surface area contributed by atoms with Gasteiger partial charge in [0.25, 0.3) is 0 Å². The lowest BCUT2D eigenvalue weighted by Gasteiger charge is -2.54. The summed E-state index contributed by atoms with van der Waals surface area (Å²) in [5.74, 6) is 0.121. The predicted octanol–water partition coefficient (Wildman–Crippen LogP) is 3.71. The van der Waals surface area contributed by atoms with Gasteiger partial charge in [0.2, 0.25) is 0 Å². The Balaban J connectivity index is 1.75. The fourth-order valence-corrected chi connectivity index (χ4v) is 6.44. The quantitative estimate of drug-likeness (QED) is 0.776. The van der Waals surface area contributed by atoms with Crippen LogP contribution in [0.3, 0.4) is 0 Å². The molecule has 136 valence electrons. The largest absolute Gasteiger partial charge is 0.381 e. The molecule has 2 saturated carbocycles. The second-order valence-corrected chi connectivity index (χ2v) is 8.96. The van der Waals surface area contributed by atoms with Gasteiger partial charge >= 0.3 is 0 Å². The number of hydrogen-bond donors (Lipinski definition) is 1. The Morgan fingerprint density at radius 1 is 1.28 bits per heavy atom. The highest BCUT2D eigenvalue weighted by Gasteiger charge is 2.64. The van der Waals surface area contributed by atoms with Crippen molar-refractivity contribution in [2.24, 2.45) is 22.7 Å². The van der Waals surface area contributed by atoms with Crippen LogP contribution in [0.5, 0.6) is 0 Å². The van der Waals surface area contributed by atoms with E-state index in [4.69, 9.17) is 0 Å². The molecule has 4 aliphatic rings. The monoisotopic (exact) mass is 346 g/mol. The van der Waals surface area contributed by atoms with E-state index >= 15 is 0 Å². The number of hydrogen-bond acceptors (Lipinski definition) is 3. The third-order valence-corrected chi connectivity index (χ3v) is 8.07. The van der Waals surface area contributed by atoms with Crippen molar-refractivity contribution in [2.45, 2.75) is 64.4 Å². The summed E-state index contributed by atoms with van der Waals surface area (Å²) < 4.78 is 13.1. The summed E-state index contributed by atoms with van der Waals surface area (Å²) in [5.41, 5.74) is 0.489. The van der Waals surface area contributed by atoms with E-state index in [1.807, 2.05) is 13.0 Å². The molecule has 4 rings (SSSR count). The molecule has 1 N–H and O–H groups in total. The third-order valence-electron chi connectivity index (χ3n) is 8.07. The van der Waals surface area contributed by atoms with Gasteiger partial charge in [-0.05, 0) is 56.4 Å². The molecule has 0 bridgehead atoms. The van der Waals surface area contributed by atoms with Gasteiger partial charge in [0, 0.05) is 17.3 Å². The van der Waals surface area contributed by atoms with E-state index in [1.54, 1.807) is 0 Å². The second kappa shape index (κ2) is 5.35. The van der Waals surface area contributed by atoms with Gasteiger partial charge in [0.05, 0.1) is 0 Å². The summed E-state index contributed by atoms with van der Waals surface area (Å²) in [6.07, 6.45) is 9.14. The minimum absolute atomic E-state index is 0.0526. The molecule has 25 heavy (non-hydrogen) atoms. The zero-order chi connectivity index (χ0) is 18.0.